The Morgan fingerprint density at radius 1 is 1.67 bits per heavy atom. The molecule has 0 aromatic heterocycles. The Bertz CT molecular complexity index is 470. The van der Waals surface area contributed by atoms with Crippen LogP contribution in [0.4, 0.5) is 11.4 Å². The molecular weight excluding hydrogens is 238 g/mol. The minimum Gasteiger partial charge on any atom is -0.394 e. The molecular formula is C11H13N3O4. The van der Waals surface area contributed by atoms with Crippen molar-refractivity contribution < 1.29 is 14.8 Å². The summed E-state index contributed by atoms with van der Waals surface area (Å²) in [7, 11) is 1.47. The van der Waals surface area contributed by atoms with E-state index in [4.69, 9.17) is 15.1 Å². The molecule has 2 N–H and O–H groups in total. The smallest absolute Gasteiger partial charge is 0.293 e. The number of rotatable bonds is 6. The van der Waals surface area contributed by atoms with Crippen LogP contribution < -0.4 is 5.32 Å². The summed E-state index contributed by atoms with van der Waals surface area (Å²) in [6.07, 6.45) is 0. The average molecular weight is 251 g/mol. The number of nitro groups is 1. The molecule has 96 valence electrons. The molecule has 1 aromatic carbocycles. The lowest BCUT2D eigenvalue weighted by molar-refractivity contribution is -0.384. The lowest BCUT2D eigenvalue weighted by atomic mass is 10.1. The molecule has 7 nitrogen and oxygen atoms in total. The highest BCUT2D eigenvalue weighted by atomic mass is 16.6. The summed E-state index contributed by atoms with van der Waals surface area (Å²) in [6, 6.07) is 5.49. The van der Waals surface area contributed by atoms with Gasteiger partial charge in [0.2, 0.25) is 0 Å². The zero-order valence-corrected chi connectivity index (χ0v) is 9.79. The first-order valence-electron chi connectivity index (χ1n) is 5.17. The molecule has 0 spiro atoms. The summed E-state index contributed by atoms with van der Waals surface area (Å²) in [5.74, 6) is 0. The second-order valence-electron chi connectivity index (χ2n) is 3.58. The predicted molar refractivity (Wildman–Crippen MR) is 64.2 cm³/mol. The van der Waals surface area contributed by atoms with Gasteiger partial charge in [0.1, 0.15) is 5.69 Å². The summed E-state index contributed by atoms with van der Waals surface area (Å²) in [5, 5.41) is 31.5. The number of nitro benzene ring substituents is 1. The third-order valence-electron chi connectivity index (χ3n) is 2.27. The fourth-order valence-electron chi connectivity index (χ4n) is 1.44. The molecule has 0 radical (unpaired) electrons. The third kappa shape index (κ3) is 3.41. The largest absolute Gasteiger partial charge is 0.394 e. The highest BCUT2D eigenvalue weighted by Crippen LogP contribution is 2.25. The van der Waals surface area contributed by atoms with Crippen molar-refractivity contribution in [2.45, 2.75) is 6.04 Å². The average Bonchev–Trinajstić information content (AvgIpc) is 2.38. The molecule has 0 aliphatic carbocycles. The fraction of sp³-hybridized carbons (Fsp3) is 0.364. The van der Waals surface area contributed by atoms with Crippen LogP contribution in [0.2, 0.25) is 0 Å². The van der Waals surface area contributed by atoms with E-state index in [9.17, 15) is 10.1 Å². The topological polar surface area (TPSA) is 108 Å². The Hall–Kier alpha value is -2.17. The molecule has 1 rings (SSSR count). The molecule has 0 saturated heterocycles. The molecule has 0 aliphatic rings. The third-order valence-corrected chi connectivity index (χ3v) is 2.27. The van der Waals surface area contributed by atoms with Crippen molar-refractivity contribution in [1.29, 1.82) is 5.26 Å². The molecule has 7 heteroatoms. The molecule has 0 amide bonds. The number of benzene rings is 1. The van der Waals surface area contributed by atoms with Crippen LogP contribution in [-0.4, -0.2) is 36.4 Å². The van der Waals surface area contributed by atoms with E-state index in [-0.39, 0.29) is 30.2 Å². The molecule has 1 aromatic rings. The molecule has 0 bridgehead atoms. The number of ether oxygens (including phenoxy) is 1. The second kappa shape index (κ2) is 6.54. The number of aliphatic hydroxyl groups is 1. The highest BCUT2D eigenvalue weighted by Gasteiger charge is 2.17. The summed E-state index contributed by atoms with van der Waals surface area (Å²) < 4.78 is 4.87. The van der Waals surface area contributed by atoms with E-state index in [0.717, 1.165) is 0 Å². The van der Waals surface area contributed by atoms with Gasteiger partial charge >= 0.3 is 0 Å². The maximum Gasteiger partial charge on any atom is 0.293 e. The summed E-state index contributed by atoms with van der Waals surface area (Å²) in [6.45, 7) is -0.00134. The number of aliphatic hydroxyl groups excluding tert-OH is 1. The van der Waals surface area contributed by atoms with Crippen molar-refractivity contribution in [3.63, 3.8) is 0 Å². The molecule has 0 fully saturated rings. The number of nitriles is 1. The molecule has 1 unspecified atom stereocenters. The maximum absolute atomic E-state index is 10.9. The zero-order valence-electron chi connectivity index (χ0n) is 9.79. The van der Waals surface area contributed by atoms with Crippen molar-refractivity contribution >= 4 is 11.4 Å². The zero-order chi connectivity index (χ0) is 13.5. The quantitative estimate of drug-likeness (QED) is 0.574. The van der Waals surface area contributed by atoms with Gasteiger partial charge in [0.05, 0.1) is 35.8 Å². The van der Waals surface area contributed by atoms with Crippen molar-refractivity contribution in [1.82, 2.24) is 0 Å². The molecule has 18 heavy (non-hydrogen) atoms. The SMILES string of the molecule is COCC(CO)Nc1ccc(C#N)cc1[N+](=O)[O-]. The summed E-state index contributed by atoms with van der Waals surface area (Å²) in [4.78, 5) is 10.3. The van der Waals surface area contributed by atoms with Gasteiger partial charge in [-0.15, -0.1) is 0 Å². The van der Waals surface area contributed by atoms with E-state index in [0.29, 0.717) is 0 Å². The van der Waals surface area contributed by atoms with Crippen LogP contribution in [0.1, 0.15) is 5.56 Å². The van der Waals surface area contributed by atoms with Gasteiger partial charge < -0.3 is 15.2 Å². The van der Waals surface area contributed by atoms with Crippen LogP contribution in [-0.2, 0) is 4.74 Å². The number of hydrogen-bond acceptors (Lipinski definition) is 6. The van der Waals surface area contributed by atoms with E-state index in [1.165, 1.54) is 25.3 Å². The first-order chi connectivity index (χ1) is 8.62. The van der Waals surface area contributed by atoms with E-state index in [1.54, 1.807) is 0 Å². The van der Waals surface area contributed by atoms with Crippen molar-refractivity contribution in [2.75, 3.05) is 25.6 Å². The van der Waals surface area contributed by atoms with E-state index < -0.39 is 11.0 Å². The van der Waals surface area contributed by atoms with Crippen LogP contribution in [0.15, 0.2) is 18.2 Å². The minimum atomic E-state index is -0.579. The predicted octanol–water partition coefficient (Wildman–Crippen LogP) is 0.886. The first kappa shape index (κ1) is 13.9. The molecule has 0 heterocycles. The molecule has 0 saturated carbocycles. The van der Waals surface area contributed by atoms with Crippen molar-refractivity contribution in [3.05, 3.63) is 33.9 Å². The second-order valence-corrected chi connectivity index (χ2v) is 3.58. The van der Waals surface area contributed by atoms with Gasteiger partial charge in [-0.2, -0.15) is 5.26 Å². The molecule has 0 aliphatic heterocycles. The van der Waals surface area contributed by atoms with Crippen LogP contribution in [0.25, 0.3) is 0 Å². The summed E-state index contributed by atoms with van der Waals surface area (Å²) in [5.41, 5.74) is 0.248. The van der Waals surface area contributed by atoms with Gasteiger partial charge in [-0.25, -0.2) is 0 Å². The maximum atomic E-state index is 10.9. The Labute approximate surface area is 104 Å². The van der Waals surface area contributed by atoms with Crippen molar-refractivity contribution in [2.24, 2.45) is 0 Å². The van der Waals surface area contributed by atoms with E-state index in [2.05, 4.69) is 5.32 Å². The number of nitrogens with zero attached hydrogens (tertiary/aromatic N) is 2. The van der Waals surface area contributed by atoms with Gasteiger partial charge in [-0.1, -0.05) is 0 Å². The Morgan fingerprint density at radius 2 is 2.39 bits per heavy atom. The minimum absolute atomic E-state index is 0.205. The Balaban J connectivity index is 3.01. The molecule has 1 atom stereocenters. The van der Waals surface area contributed by atoms with Crippen LogP contribution in [0.5, 0.6) is 0 Å². The number of anilines is 1. The van der Waals surface area contributed by atoms with E-state index in [1.807, 2.05) is 6.07 Å². The van der Waals surface area contributed by atoms with Gasteiger partial charge in [0.15, 0.2) is 0 Å². The number of hydrogen-bond donors (Lipinski definition) is 2. The standard InChI is InChI=1S/C11H13N3O4/c1-18-7-9(6-15)13-10-3-2-8(5-12)4-11(10)14(16)17/h2-4,9,13,15H,6-7H2,1H3. The first-order valence-corrected chi connectivity index (χ1v) is 5.17. The summed E-state index contributed by atoms with van der Waals surface area (Å²) >= 11 is 0. The van der Waals surface area contributed by atoms with Gasteiger partial charge in [-0.3, -0.25) is 10.1 Å². The van der Waals surface area contributed by atoms with Crippen LogP contribution in [0, 0.1) is 21.4 Å². The van der Waals surface area contributed by atoms with Gasteiger partial charge in [0, 0.05) is 13.2 Å². The number of nitrogens with one attached hydrogen (secondary N) is 1. The van der Waals surface area contributed by atoms with E-state index >= 15 is 0 Å². The lowest BCUT2D eigenvalue weighted by Gasteiger charge is -2.16. The fourth-order valence-corrected chi connectivity index (χ4v) is 1.44. The Morgan fingerprint density at radius 3 is 2.89 bits per heavy atom. The lowest BCUT2D eigenvalue weighted by Crippen LogP contribution is -2.29. The van der Waals surface area contributed by atoms with Gasteiger partial charge in [0.25, 0.3) is 5.69 Å². The highest BCUT2D eigenvalue weighted by molar-refractivity contribution is 5.64. The normalized spacial score (nSPS) is 11.6. The monoisotopic (exact) mass is 251 g/mol. The van der Waals surface area contributed by atoms with Crippen molar-refractivity contribution in [3.8, 4) is 6.07 Å². The van der Waals surface area contributed by atoms with Crippen LogP contribution in [0.3, 0.4) is 0 Å². The number of methoxy groups -OCH3 is 1. The van der Waals surface area contributed by atoms with Crippen LogP contribution >= 0.6 is 0 Å². The Kier molecular flexibility index (Phi) is 5.05. The van der Waals surface area contributed by atoms with Gasteiger partial charge in [-0.05, 0) is 12.1 Å².